The largest absolute Gasteiger partial charge is 0.478 e. The number of hydrogen-bond donors (Lipinski definition) is 1. The molecular weight excluding hydrogens is 256 g/mol. The SMILES string of the molecule is CCCCCCCCCCC=COC(=O)C=CC(=O)O. The molecule has 0 aliphatic heterocycles. The van der Waals surface area contributed by atoms with Crippen molar-refractivity contribution in [2.24, 2.45) is 0 Å². The van der Waals surface area contributed by atoms with Crippen LogP contribution in [0.1, 0.15) is 64.7 Å². The third-order valence-electron chi connectivity index (χ3n) is 2.87. The van der Waals surface area contributed by atoms with Crippen LogP contribution in [0.15, 0.2) is 24.5 Å². The second-order valence-corrected chi connectivity index (χ2v) is 4.74. The van der Waals surface area contributed by atoms with Gasteiger partial charge in [-0.2, -0.15) is 0 Å². The predicted molar refractivity (Wildman–Crippen MR) is 79.2 cm³/mol. The van der Waals surface area contributed by atoms with Crippen molar-refractivity contribution in [3.8, 4) is 0 Å². The van der Waals surface area contributed by atoms with Crippen molar-refractivity contribution in [3.05, 3.63) is 24.5 Å². The molecule has 0 rings (SSSR count). The number of carbonyl (C=O) groups is 2. The molecule has 4 nitrogen and oxygen atoms in total. The van der Waals surface area contributed by atoms with Crippen molar-refractivity contribution in [1.82, 2.24) is 0 Å². The maximum atomic E-state index is 11.0. The van der Waals surface area contributed by atoms with Crippen LogP contribution in [0, 0.1) is 0 Å². The lowest BCUT2D eigenvalue weighted by Gasteiger charge is -1.99. The minimum atomic E-state index is -1.16. The molecule has 20 heavy (non-hydrogen) atoms. The number of esters is 1. The molecule has 0 aromatic heterocycles. The van der Waals surface area contributed by atoms with E-state index >= 15 is 0 Å². The fraction of sp³-hybridized carbons (Fsp3) is 0.625. The number of ether oxygens (including phenoxy) is 1. The number of unbranched alkanes of at least 4 members (excludes halogenated alkanes) is 8. The molecule has 0 radical (unpaired) electrons. The standard InChI is InChI=1S/C16H26O4/c1-2-3-4-5-6-7-8-9-10-11-14-20-16(19)13-12-15(17)18/h11-14H,2-10H2,1H3,(H,17,18). The highest BCUT2D eigenvalue weighted by molar-refractivity contribution is 5.90. The lowest BCUT2D eigenvalue weighted by atomic mass is 10.1. The van der Waals surface area contributed by atoms with Gasteiger partial charge in [-0.3, -0.25) is 0 Å². The summed E-state index contributed by atoms with van der Waals surface area (Å²) in [6, 6.07) is 0. The van der Waals surface area contributed by atoms with Crippen molar-refractivity contribution in [1.29, 1.82) is 0 Å². The first-order chi connectivity index (χ1) is 9.66. The van der Waals surface area contributed by atoms with Crippen LogP contribution in [-0.4, -0.2) is 17.0 Å². The quantitative estimate of drug-likeness (QED) is 0.252. The number of hydrogen-bond acceptors (Lipinski definition) is 3. The fourth-order valence-corrected chi connectivity index (χ4v) is 1.76. The Morgan fingerprint density at radius 1 is 0.950 bits per heavy atom. The Morgan fingerprint density at radius 3 is 2.15 bits per heavy atom. The molecule has 0 spiro atoms. The van der Waals surface area contributed by atoms with E-state index in [0.29, 0.717) is 0 Å². The molecule has 0 saturated heterocycles. The number of carboxylic acid groups (broad SMARTS) is 1. The fourth-order valence-electron chi connectivity index (χ4n) is 1.76. The van der Waals surface area contributed by atoms with E-state index in [9.17, 15) is 9.59 Å². The van der Waals surface area contributed by atoms with Gasteiger partial charge in [0, 0.05) is 12.2 Å². The van der Waals surface area contributed by atoms with Gasteiger partial charge in [0.2, 0.25) is 0 Å². The Labute approximate surface area is 121 Å². The maximum Gasteiger partial charge on any atom is 0.335 e. The molecule has 0 saturated carbocycles. The number of carbonyl (C=O) groups excluding carboxylic acids is 1. The first-order valence-electron chi connectivity index (χ1n) is 7.43. The van der Waals surface area contributed by atoms with E-state index in [1.54, 1.807) is 6.08 Å². The monoisotopic (exact) mass is 282 g/mol. The molecule has 0 heterocycles. The number of rotatable bonds is 12. The Bertz CT molecular complexity index is 318. The molecule has 0 unspecified atom stereocenters. The molecule has 0 bridgehead atoms. The second-order valence-electron chi connectivity index (χ2n) is 4.74. The van der Waals surface area contributed by atoms with Gasteiger partial charge < -0.3 is 9.84 Å². The lowest BCUT2D eigenvalue weighted by Crippen LogP contribution is -1.96. The van der Waals surface area contributed by atoms with Gasteiger partial charge in [0.05, 0.1) is 6.26 Å². The van der Waals surface area contributed by atoms with Crippen LogP contribution in [0.4, 0.5) is 0 Å². The van der Waals surface area contributed by atoms with E-state index in [2.05, 4.69) is 6.92 Å². The lowest BCUT2D eigenvalue weighted by molar-refractivity contribution is -0.134. The smallest absolute Gasteiger partial charge is 0.335 e. The first-order valence-corrected chi connectivity index (χ1v) is 7.43. The summed E-state index contributed by atoms with van der Waals surface area (Å²) in [4.78, 5) is 21.1. The van der Waals surface area contributed by atoms with Crippen molar-refractivity contribution in [3.63, 3.8) is 0 Å². The van der Waals surface area contributed by atoms with Crippen molar-refractivity contribution in [2.75, 3.05) is 0 Å². The first kappa shape index (κ1) is 18.4. The number of aliphatic carboxylic acids is 1. The van der Waals surface area contributed by atoms with E-state index in [4.69, 9.17) is 9.84 Å². The van der Waals surface area contributed by atoms with Crippen LogP contribution < -0.4 is 0 Å². The molecule has 0 amide bonds. The Morgan fingerprint density at radius 2 is 1.55 bits per heavy atom. The Kier molecular flexibility index (Phi) is 12.7. The molecule has 1 N–H and O–H groups in total. The zero-order chi connectivity index (χ0) is 15.1. The third kappa shape index (κ3) is 14.5. The van der Waals surface area contributed by atoms with Crippen LogP contribution in [0.5, 0.6) is 0 Å². The highest BCUT2D eigenvalue weighted by Gasteiger charge is 1.95. The topological polar surface area (TPSA) is 63.6 Å². The van der Waals surface area contributed by atoms with Gasteiger partial charge in [0.15, 0.2) is 0 Å². The summed E-state index contributed by atoms with van der Waals surface area (Å²) < 4.78 is 4.69. The molecule has 114 valence electrons. The highest BCUT2D eigenvalue weighted by atomic mass is 16.5. The molecule has 0 aliphatic carbocycles. The third-order valence-corrected chi connectivity index (χ3v) is 2.87. The second kappa shape index (κ2) is 13.8. The van der Waals surface area contributed by atoms with E-state index in [-0.39, 0.29) is 0 Å². The summed E-state index contributed by atoms with van der Waals surface area (Å²) in [5, 5.41) is 8.31. The minimum Gasteiger partial charge on any atom is -0.478 e. The number of carboxylic acids is 1. The van der Waals surface area contributed by atoms with Crippen molar-refractivity contribution in [2.45, 2.75) is 64.7 Å². The van der Waals surface area contributed by atoms with Crippen LogP contribution in [0.3, 0.4) is 0 Å². The van der Waals surface area contributed by atoms with Crippen LogP contribution in [0.2, 0.25) is 0 Å². The van der Waals surface area contributed by atoms with E-state index in [1.807, 2.05) is 0 Å². The number of allylic oxidation sites excluding steroid dienone is 1. The average Bonchev–Trinajstić information content (AvgIpc) is 2.42. The van der Waals surface area contributed by atoms with E-state index in [0.717, 1.165) is 25.0 Å². The molecular formula is C16H26O4. The summed E-state index contributed by atoms with van der Waals surface area (Å²) in [5.74, 6) is -1.83. The minimum absolute atomic E-state index is 0.667. The zero-order valence-corrected chi connectivity index (χ0v) is 12.3. The molecule has 0 atom stereocenters. The normalized spacial score (nSPS) is 11.2. The molecule has 0 aromatic carbocycles. The van der Waals surface area contributed by atoms with Gasteiger partial charge in [-0.15, -0.1) is 0 Å². The van der Waals surface area contributed by atoms with Gasteiger partial charge in [-0.25, -0.2) is 9.59 Å². The van der Waals surface area contributed by atoms with Crippen LogP contribution >= 0.6 is 0 Å². The summed E-state index contributed by atoms with van der Waals surface area (Å²) in [6.07, 6.45) is 15.8. The summed E-state index contributed by atoms with van der Waals surface area (Å²) in [5.41, 5.74) is 0. The summed E-state index contributed by atoms with van der Waals surface area (Å²) >= 11 is 0. The highest BCUT2D eigenvalue weighted by Crippen LogP contribution is 2.09. The van der Waals surface area contributed by atoms with Crippen molar-refractivity contribution < 1.29 is 19.4 Å². The van der Waals surface area contributed by atoms with Crippen molar-refractivity contribution >= 4 is 11.9 Å². The summed E-state index contributed by atoms with van der Waals surface area (Å²) in [7, 11) is 0. The van der Waals surface area contributed by atoms with Crippen LogP contribution in [0.25, 0.3) is 0 Å². The Balaban J connectivity index is 3.36. The van der Waals surface area contributed by atoms with Gasteiger partial charge in [0.1, 0.15) is 0 Å². The maximum absolute atomic E-state index is 11.0. The molecule has 0 aliphatic rings. The molecule has 0 aromatic rings. The van der Waals surface area contributed by atoms with E-state index < -0.39 is 11.9 Å². The average molecular weight is 282 g/mol. The zero-order valence-electron chi connectivity index (χ0n) is 12.3. The Hall–Kier alpha value is -1.58. The molecule has 0 fully saturated rings. The van der Waals surface area contributed by atoms with Gasteiger partial charge >= 0.3 is 11.9 Å². The van der Waals surface area contributed by atoms with Gasteiger partial charge in [-0.05, 0) is 18.9 Å². The van der Waals surface area contributed by atoms with E-state index in [1.165, 1.54) is 51.2 Å². The molecule has 4 heteroatoms. The van der Waals surface area contributed by atoms with Gasteiger partial charge in [0.25, 0.3) is 0 Å². The summed E-state index contributed by atoms with van der Waals surface area (Å²) in [6.45, 7) is 2.22. The van der Waals surface area contributed by atoms with Gasteiger partial charge in [-0.1, -0.05) is 51.9 Å². The van der Waals surface area contributed by atoms with Crippen LogP contribution in [-0.2, 0) is 14.3 Å². The predicted octanol–water partition coefficient (Wildman–Crippen LogP) is 4.21.